The van der Waals surface area contributed by atoms with Gasteiger partial charge in [0, 0.05) is 23.7 Å². The van der Waals surface area contributed by atoms with Gasteiger partial charge in [0.15, 0.2) is 5.65 Å². The molecule has 1 fully saturated rings. The van der Waals surface area contributed by atoms with E-state index in [4.69, 9.17) is 0 Å². The van der Waals surface area contributed by atoms with E-state index in [0.29, 0.717) is 5.92 Å². The van der Waals surface area contributed by atoms with Crippen LogP contribution in [0.15, 0.2) is 17.1 Å². The summed E-state index contributed by atoms with van der Waals surface area (Å²) in [7, 11) is 0. The maximum atomic E-state index is 12.0. The lowest BCUT2D eigenvalue weighted by molar-refractivity contribution is 0.691. The van der Waals surface area contributed by atoms with E-state index in [1.807, 2.05) is 6.20 Å². The van der Waals surface area contributed by atoms with Gasteiger partial charge in [0.25, 0.3) is 5.56 Å². The van der Waals surface area contributed by atoms with Crippen molar-refractivity contribution in [3.63, 3.8) is 0 Å². The molecule has 2 aromatic rings. The topological polar surface area (TPSA) is 50.2 Å². The van der Waals surface area contributed by atoms with Crippen molar-refractivity contribution in [1.82, 2.24) is 14.6 Å². The Morgan fingerprint density at radius 2 is 2.24 bits per heavy atom. The van der Waals surface area contributed by atoms with Crippen LogP contribution >= 0.6 is 0 Å². The number of aromatic amines is 1. The summed E-state index contributed by atoms with van der Waals surface area (Å²) in [5.41, 5.74) is 2.92. The molecule has 0 radical (unpaired) electrons. The van der Waals surface area contributed by atoms with E-state index in [9.17, 15) is 4.79 Å². The van der Waals surface area contributed by atoms with Gasteiger partial charge in [-0.05, 0) is 19.3 Å². The summed E-state index contributed by atoms with van der Waals surface area (Å²) in [6.07, 6.45) is 7.65. The van der Waals surface area contributed by atoms with Gasteiger partial charge in [0.1, 0.15) is 0 Å². The van der Waals surface area contributed by atoms with Crippen molar-refractivity contribution in [3.05, 3.63) is 33.9 Å². The first kappa shape index (κ1) is 10.6. The molecule has 2 heterocycles. The molecule has 0 saturated heterocycles. The lowest BCUT2D eigenvalue weighted by Crippen LogP contribution is -2.16. The molecule has 0 unspecified atom stereocenters. The number of nitrogens with one attached hydrogen (secondary N) is 1. The maximum absolute atomic E-state index is 12.0. The van der Waals surface area contributed by atoms with Gasteiger partial charge >= 0.3 is 0 Å². The monoisotopic (exact) mass is 231 g/mol. The highest BCUT2D eigenvalue weighted by Gasteiger charge is 2.20. The van der Waals surface area contributed by atoms with E-state index in [2.05, 4.69) is 17.0 Å². The SMILES string of the molecule is CCc1c[nH]n2c(=O)cc(C3CCCC3)nc12. The number of hydrogen-bond donors (Lipinski definition) is 1. The normalized spacial score (nSPS) is 17.0. The average Bonchev–Trinajstić information content (AvgIpc) is 2.97. The molecule has 0 aromatic carbocycles. The lowest BCUT2D eigenvalue weighted by Gasteiger charge is -2.08. The summed E-state index contributed by atoms with van der Waals surface area (Å²) in [5, 5.41) is 2.97. The molecule has 0 amide bonds. The second kappa shape index (κ2) is 4.02. The first-order chi connectivity index (χ1) is 8.29. The van der Waals surface area contributed by atoms with Gasteiger partial charge in [0.05, 0.1) is 5.69 Å². The van der Waals surface area contributed by atoms with Gasteiger partial charge in [-0.15, -0.1) is 0 Å². The zero-order valence-electron chi connectivity index (χ0n) is 10.1. The van der Waals surface area contributed by atoms with E-state index in [-0.39, 0.29) is 5.56 Å². The molecule has 3 rings (SSSR count). The van der Waals surface area contributed by atoms with Crippen molar-refractivity contribution in [2.45, 2.75) is 44.9 Å². The van der Waals surface area contributed by atoms with Crippen LogP contribution in [-0.2, 0) is 6.42 Å². The van der Waals surface area contributed by atoms with Gasteiger partial charge in [-0.1, -0.05) is 19.8 Å². The number of H-pyrrole nitrogens is 1. The van der Waals surface area contributed by atoms with E-state index >= 15 is 0 Å². The Hall–Kier alpha value is -1.58. The Morgan fingerprint density at radius 1 is 1.47 bits per heavy atom. The summed E-state index contributed by atoms with van der Waals surface area (Å²) >= 11 is 0. The van der Waals surface area contributed by atoms with E-state index < -0.39 is 0 Å². The van der Waals surface area contributed by atoms with E-state index in [1.54, 1.807) is 6.07 Å². The predicted molar refractivity (Wildman–Crippen MR) is 66.4 cm³/mol. The minimum absolute atomic E-state index is 0.0107. The third-order valence-electron chi connectivity index (χ3n) is 3.75. The minimum Gasteiger partial charge on any atom is -0.297 e. The standard InChI is InChI=1S/C13H17N3O/c1-2-9-8-14-16-12(17)7-11(15-13(9)16)10-5-3-4-6-10/h7-8,10,14H,2-6H2,1H3. The molecule has 4 nitrogen and oxygen atoms in total. The largest absolute Gasteiger partial charge is 0.297 e. The van der Waals surface area contributed by atoms with E-state index in [1.165, 1.54) is 30.2 Å². The van der Waals surface area contributed by atoms with Gasteiger partial charge in [-0.25, -0.2) is 9.50 Å². The second-order valence-electron chi connectivity index (χ2n) is 4.81. The van der Waals surface area contributed by atoms with Crippen molar-refractivity contribution in [2.24, 2.45) is 0 Å². The zero-order chi connectivity index (χ0) is 11.8. The molecule has 1 saturated carbocycles. The Bertz CT molecular complexity index is 590. The summed E-state index contributed by atoms with van der Waals surface area (Å²) in [5.74, 6) is 0.493. The molecule has 0 spiro atoms. The third kappa shape index (κ3) is 1.68. The van der Waals surface area contributed by atoms with Crippen LogP contribution in [0.5, 0.6) is 0 Å². The highest BCUT2D eigenvalue weighted by Crippen LogP contribution is 2.32. The van der Waals surface area contributed by atoms with Crippen LogP contribution in [0.25, 0.3) is 5.65 Å². The van der Waals surface area contributed by atoms with Gasteiger partial charge in [-0.3, -0.25) is 9.89 Å². The molecule has 1 aliphatic carbocycles. The number of aryl methyl sites for hydroxylation is 1. The number of hydrogen-bond acceptors (Lipinski definition) is 2. The maximum Gasteiger partial charge on any atom is 0.272 e. The molecule has 0 atom stereocenters. The Morgan fingerprint density at radius 3 is 2.94 bits per heavy atom. The first-order valence-electron chi connectivity index (χ1n) is 6.39. The molecular formula is C13H17N3O. The number of rotatable bonds is 2. The molecule has 2 aromatic heterocycles. The molecule has 0 bridgehead atoms. The Kier molecular flexibility index (Phi) is 2.50. The van der Waals surface area contributed by atoms with Crippen LogP contribution in [0.1, 0.15) is 49.8 Å². The van der Waals surface area contributed by atoms with Crippen LogP contribution in [0.3, 0.4) is 0 Å². The average molecular weight is 231 g/mol. The molecule has 0 aliphatic heterocycles. The van der Waals surface area contributed by atoms with Crippen molar-refractivity contribution in [2.75, 3.05) is 0 Å². The van der Waals surface area contributed by atoms with Crippen LogP contribution in [0.2, 0.25) is 0 Å². The van der Waals surface area contributed by atoms with Gasteiger partial charge in [-0.2, -0.15) is 0 Å². The number of aromatic nitrogens is 3. The van der Waals surface area contributed by atoms with Gasteiger partial charge < -0.3 is 0 Å². The Balaban J connectivity index is 2.17. The molecule has 1 N–H and O–H groups in total. The molecular weight excluding hydrogens is 214 g/mol. The minimum atomic E-state index is 0.0107. The number of fused-ring (bicyclic) bond motifs is 1. The summed E-state index contributed by atoms with van der Waals surface area (Å²) in [6.45, 7) is 2.08. The number of nitrogens with zero attached hydrogens (tertiary/aromatic N) is 2. The highest BCUT2D eigenvalue weighted by molar-refractivity contribution is 5.46. The zero-order valence-corrected chi connectivity index (χ0v) is 10.1. The first-order valence-corrected chi connectivity index (χ1v) is 6.39. The summed E-state index contributed by atoms with van der Waals surface area (Å²) in [6, 6.07) is 1.69. The fraction of sp³-hybridized carbons (Fsp3) is 0.538. The lowest BCUT2D eigenvalue weighted by atomic mass is 10.0. The van der Waals surface area contributed by atoms with Crippen LogP contribution in [0, 0.1) is 0 Å². The molecule has 1 aliphatic rings. The van der Waals surface area contributed by atoms with Crippen molar-refractivity contribution in [1.29, 1.82) is 0 Å². The Labute approximate surface area is 99.7 Å². The summed E-state index contributed by atoms with van der Waals surface area (Å²) < 4.78 is 1.54. The quantitative estimate of drug-likeness (QED) is 0.861. The fourth-order valence-electron chi connectivity index (χ4n) is 2.74. The molecule has 90 valence electrons. The van der Waals surface area contributed by atoms with Crippen LogP contribution in [0.4, 0.5) is 0 Å². The molecule has 4 heteroatoms. The molecule has 17 heavy (non-hydrogen) atoms. The van der Waals surface area contributed by atoms with E-state index in [0.717, 1.165) is 23.3 Å². The van der Waals surface area contributed by atoms with Crippen molar-refractivity contribution >= 4 is 5.65 Å². The smallest absolute Gasteiger partial charge is 0.272 e. The second-order valence-corrected chi connectivity index (χ2v) is 4.81. The fourth-order valence-corrected chi connectivity index (χ4v) is 2.74. The van der Waals surface area contributed by atoms with Crippen molar-refractivity contribution in [3.8, 4) is 0 Å². The van der Waals surface area contributed by atoms with Gasteiger partial charge in [0.2, 0.25) is 0 Å². The highest BCUT2D eigenvalue weighted by atomic mass is 16.1. The van der Waals surface area contributed by atoms with Crippen LogP contribution < -0.4 is 5.56 Å². The predicted octanol–water partition coefficient (Wildman–Crippen LogP) is 2.24. The third-order valence-corrected chi connectivity index (χ3v) is 3.75. The van der Waals surface area contributed by atoms with Crippen LogP contribution in [-0.4, -0.2) is 14.6 Å². The summed E-state index contributed by atoms with van der Waals surface area (Å²) in [4.78, 5) is 16.7. The van der Waals surface area contributed by atoms with Crippen molar-refractivity contribution < 1.29 is 0 Å².